The first-order valence-corrected chi connectivity index (χ1v) is 6.84. The molecule has 3 nitrogen and oxygen atoms in total. The fourth-order valence-electron chi connectivity index (χ4n) is 1.93. The van der Waals surface area contributed by atoms with Gasteiger partial charge in [0.15, 0.2) is 5.78 Å². The molecule has 0 aliphatic rings. The number of nitrogens with zero attached hydrogens (tertiary/aromatic N) is 1. The summed E-state index contributed by atoms with van der Waals surface area (Å²) in [5.74, 6) is 0.0368. The molecule has 112 valence electrons. The van der Waals surface area contributed by atoms with E-state index in [1.807, 2.05) is 6.07 Å². The number of rotatable bonds is 3. The summed E-state index contributed by atoms with van der Waals surface area (Å²) in [6, 6.07) is 11.4. The molecule has 0 saturated carbocycles. The molecular weight excluding hydrogens is 281 g/mol. The number of Topliss-reactive ketones (excluding diaryl/α,β-unsaturated/α-hetero) is 1. The minimum atomic E-state index is -0.650. The topological polar surface area (TPSA) is 54.0 Å². The van der Waals surface area contributed by atoms with E-state index in [0.29, 0.717) is 17.1 Å². The van der Waals surface area contributed by atoms with Crippen LogP contribution in [0.1, 0.15) is 26.5 Å². The largest absolute Gasteiger partial charge is 0.457 e. The SMILES string of the molecule is CC(C)(C)C(=O)/C(C#N)=C/c1ccc(-c2ccccc2F)o1. The fourth-order valence-corrected chi connectivity index (χ4v) is 1.93. The Hall–Kier alpha value is -2.67. The smallest absolute Gasteiger partial charge is 0.178 e. The van der Waals surface area contributed by atoms with Gasteiger partial charge in [-0.25, -0.2) is 4.39 Å². The first-order chi connectivity index (χ1) is 10.3. The molecule has 0 unspecified atom stereocenters. The van der Waals surface area contributed by atoms with Crippen molar-refractivity contribution in [1.82, 2.24) is 0 Å². The zero-order valence-electron chi connectivity index (χ0n) is 12.7. The van der Waals surface area contributed by atoms with Gasteiger partial charge in [0.1, 0.15) is 23.4 Å². The van der Waals surface area contributed by atoms with Crippen LogP contribution in [0.15, 0.2) is 46.4 Å². The van der Waals surface area contributed by atoms with E-state index in [1.54, 1.807) is 51.1 Å². The van der Waals surface area contributed by atoms with E-state index in [4.69, 9.17) is 9.68 Å². The predicted octanol–water partition coefficient (Wildman–Crippen LogP) is 4.61. The maximum atomic E-state index is 13.7. The third-order valence-electron chi connectivity index (χ3n) is 3.10. The normalized spacial score (nSPS) is 12.0. The van der Waals surface area contributed by atoms with Crippen molar-refractivity contribution in [2.24, 2.45) is 5.41 Å². The van der Waals surface area contributed by atoms with Crippen molar-refractivity contribution in [3.05, 3.63) is 53.5 Å². The highest BCUT2D eigenvalue weighted by Crippen LogP contribution is 2.27. The second-order valence-corrected chi connectivity index (χ2v) is 5.93. The highest BCUT2D eigenvalue weighted by Gasteiger charge is 2.25. The summed E-state index contributed by atoms with van der Waals surface area (Å²) in [6.07, 6.45) is 1.39. The van der Waals surface area contributed by atoms with Crippen LogP contribution in [0.25, 0.3) is 17.4 Å². The molecule has 4 heteroatoms. The standard InChI is InChI=1S/C18H16FNO2/c1-18(2,3)17(21)12(11-20)10-13-8-9-16(22-13)14-6-4-5-7-15(14)19/h4-10H,1-3H3/b12-10+. The second kappa shape index (κ2) is 5.98. The molecule has 0 fully saturated rings. The van der Waals surface area contributed by atoms with Gasteiger partial charge in [-0.2, -0.15) is 5.26 Å². The first kappa shape index (κ1) is 15.7. The average molecular weight is 297 g/mol. The first-order valence-electron chi connectivity index (χ1n) is 6.84. The Bertz CT molecular complexity index is 773. The summed E-state index contributed by atoms with van der Waals surface area (Å²) in [7, 11) is 0. The number of benzene rings is 1. The van der Waals surface area contributed by atoms with Crippen LogP contribution < -0.4 is 0 Å². The van der Waals surface area contributed by atoms with Gasteiger partial charge >= 0.3 is 0 Å². The van der Waals surface area contributed by atoms with Crippen molar-refractivity contribution >= 4 is 11.9 Å². The second-order valence-electron chi connectivity index (χ2n) is 5.93. The van der Waals surface area contributed by atoms with E-state index in [-0.39, 0.29) is 11.4 Å². The molecule has 22 heavy (non-hydrogen) atoms. The van der Waals surface area contributed by atoms with E-state index >= 15 is 0 Å². The monoisotopic (exact) mass is 297 g/mol. The van der Waals surface area contributed by atoms with Crippen LogP contribution in [-0.4, -0.2) is 5.78 Å². The van der Waals surface area contributed by atoms with Crippen molar-refractivity contribution in [2.75, 3.05) is 0 Å². The quantitative estimate of drug-likeness (QED) is 0.614. The third-order valence-corrected chi connectivity index (χ3v) is 3.10. The zero-order valence-corrected chi connectivity index (χ0v) is 12.7. The van der Waals surface area contributed by atoms with Gasteiger partial charge in [0, 0.05) is 11.5 Å². The molecule has 0 aliphatic carbocycles. The lowest BCUT2D eigenvalue weighted by atomic mass is 9.86. The molecule has 0 spiro atoms. The van der Waals surface area contributed by atoms with Crippen molar-refractivity contribution in [1.29, 1.82) is 5.26 Å². The lowest BCUT2D eigenvalue weighted by molar-refractivity contribution is -0.121. The number of hydrogen-bond acceptors (Lipinski definition) is 3. The highest BCUT2D eigenvalue weighted by molar-refractivity contribution is 6.05. The van der Waals surface area contributed by atoms with Gasteiger partial charge in [-0.3, -0.25) is 4.79 Å². The molecule has 1 heterocycles. The summed E-state index contributed by atoms with van der Waals surface area (Å²) in [4.78, 5) is 12.1. The molecule has 1 aromatic carbocycles. The van der Waals surface area contributed by atoms with Crippen molar-refractivity contribution in [2.45, 2.75) is 20.8 Å². The maximum absolute atomic E-state index is 13.7. The number of halogens is 1. The van der Waals surface area contributed by atoms with Crippen LogP contribution in [0.2, 0.25) is 0 Å². The van der Waals surface area contributed by atoms with Gasteiger partial charge < -0.3 is 4.42 Å². The van der Waals surface area contributed by atoms with Gasteiger partial charge in [0.25, 0.3) is 0 Å². The molecule has 0 atom stereocenters. The van der Waals surface area contributed by atoms with Crippen LogP contribution >= 0.6 is 0 Å². The zero-order chi connectivity index (χ0) is 16.3. The summed E-state index contributed by atoms with van der Waals surface area (Å²) in [5.41, 5.74) is -0.299. The number of allylic oxidation sites excluding steroid dienone is 1. The van der Waals surface area contributed by atoms with Crippen LogP contribution in [0.3, 0.4) is 0 Å². The molecule has 0 amide bonds. The summed E-state index contributed by atoms with van der Waals surface area (Å²) in [6.45, 7) is 5.23. The van der Waals surface area contributed by atoms with Crippen molar-refractivity contribution < 1.29 is 13.6 Å². The summed E-state index contributed by atoms with van der Waals surface area (Å²) < 4.78 is 19.2. The average Bonchev–Trinajstić information content (AvgIpc) is 2.92. The lowest BCUT2D eigenvalue weighted by Crippen LogP contribution is -2.21. The van der Waals surface area contributed by atoms with E-state index < -0.39 is 11.2 Å². The van der Waals surface area contributed by atoms with E-state index in [2.05, 4.69) is 0 Å². The van der Waals surface area contributed by atoms with Crippen LogP contribution in [-0.2, 0) is 4.79 Å². The van der Waals surface area contributed by atoms with Gasteiger partial charge in [-0.05, 0) is 24.3 Å². The molecule has 2 aromatic rings. The Morgan fingerprint density at radius 2 is 1.91 bits per heavy atom. The van der Waals surface area contributed by atoms with Crippen LogP contribution in [0.4, 0.5) is 4.39 Å². The Labute approximate surface area is 128 Å². The molecule has 0 saturated heterocycles. The van der Waals surface area contributed by atoms with E-state index in [1.165, 1.54) is 12.1 Å². The Kier molecular flexibility index (Phi) is 4.27. The number of nitriles is 1. The Morgan fingerprint density at radius 1 is 1.23 bits per heavy atom. The predicted molar refractivity (Wildman–Crippen MR) is 82.2 cm³/mol. The number of furan rings is 1. The Balaban J connectivity index is 2.36. The van der Waals surface area contributed by atoms with E-state index in [9.17, 15) is 9.18 Å². The van der Waals surface area contributed by atoms with Crippen molar-refractivity contribution in [3.8, 4) is 17.4 Å². The summed E-state index contributed by atoms with van der Waals surface area (Å²) >= 11 is 0. The molecule has 0 radical (unpaired) electrons. The third kappa shape index (κ3) is 3.32. The van der Waals surface area contributed by atoms with Gasteiger partial charge in [0.05, 0.1) is 11.1 Å². The summed E-state index contributed by atoms with van der Waals surface area (Å²) in [5, 5.41) is 9.15. The molecule has 0 bridgehead atoms. The van der Waals surface area contributed by atoms with Gasteiger partial charge in [0.2, 0.25) is 0 Å². The molecule has 0 aliphatic heterocycles. The van der Waals surface area contributed by atoms with Crippen molar-refractivity contribution in [3.63, 3.8) is 0 Å². The fraction of sp³-hybridized carbons (Fsp3) is 0.222. The minimum Gasteiger partial charge on any atom is -0.457 e. The maximum Gasteiger partial charge on any atom is 0.178 e. The molecule has 1 aromatic heterocycles. The lowest BCUT2D eigenvalue weighted by Gasteiger charge is -2.15. The molecule has 0 N–H and O–H groups in total. The Morgan fingerprint density at radius 3 is 2.50 bits per heavy atom. The number of ketones is 1. The highest BCUT2D eigenvalue weighted by atomic mass is 19.1. The van der Waals surface area contributed by atoms with Crippen LogP contribution in [0, 0.1) is 22.6 Å². The number of hydrogen-bond donors (Lipinski definition) is 0. The van der Waals surface area contributed by atoms with Crippen LogP contribution in [0.5, 0.6) is 0 Å². The molecule has 2 rings (SSSR count). The van der Waals surface area contributed by atoms with E-state index in [0.717, 1.165) is 0 Å². The van der Waals surface area contributed by atoms with Gasteiger partial charge in [-0.1, -0.05) is 32.9 Å². The number of carbonyl (C=O) groups is 1. The van der Waals surface area contributed by atoms with Gasteiger partial charge in [-0.15, -0.1) is 0 Å². The molecular formula is C18H16FNO2. The number of carbonyl (C=O) groups excluding carboxylic acids is 1. The minimum absolute atomic E-state index is 0.0157.